The summed E-state index contributed by atoms with van der Waals surface area (Å²) in [5.41, 5.74) is 1.25. The zero-order chi connectivity index (χ0) is 8.10. The predicted octanol–water partition coefficient (Wildman–Crippen LogP) is 0.623. The summed E-state index contributed by atoms with van der Waals surface area (Å²) in [6.07, 6.45) is 1.95. The Bertz CT molecular complexity index is 181. The van der Waals surface area contributed by atoms with Crippen LogP contribution in [0.2, 0.25) is 0 Å². The van der Waals surface area contributed by atoms with Crippen molar-refractivity contribution in [3.05, 3.63) is 24.0 Å². The van der Waals surface area contributed by atoms with E-state index in [1.54, 1.807) is 0 Å². The lowest BCUT2D eigenvalue weighted by Crippen LogP contribution is -2.28. The van der Waals surface area contributed by atoms with Gasteiger partial charge in [0.1, 0.15) is 0 Å². The Morgan fingerprint density at radius 1 is 1.64 bits per heavy atom. The second-order valence-electron chi connectivity index (χ2n) is 2.72. The average Bonchev–Trinajstić information content (AvgIpc) is 2.40. The Morgan fingerprint density at radius 2 is 2.45 bits per heavy atom. The minimum Gasteiger partial charge on any atom is -0.364 e. The highest BCUT2D eigenvalue weighted by atomic mass is 15.2. The zero-order valence-corrected chi connectivity index (χ0v) is 7.09. The maximum Gasteiger partial charge on any atom is 0.0479 e. The number of H-pyrrole nitrogens is 1. The molecule has 3 nitrogen and oxygen atoms in total. The smallest absolute Gasteiger partial charge is 0.0479 e. The van der Waals surface area contributed by atoms with Crippen LogP contribution in [0.4, 0.5) is 0 Å². The molecule has 11 heavy (non-hydrogen) atoms. The van der Waals surface area contributed by atoms with Crippen molar-refractivity contribution in [3.63, 3.8) is 0 Å². The fraction of sp³-hybridized carbons (Fsp3) is 0.500. The van der Waals surface area contributed by atoms with Gasteiger partial charge < -0.3 is 10.3 Å². The fourth-order valence-corrected chi connectivity index (χ4v) is 1.08. The molecule has 0 aromatic carbocycles. The molecule has 1 aromatic rings. The summed E-state index contributed by atoms with van der Waals surface area (Å²) in [4.78, 5) is 5.36. The second-order valence-corrected chi connectivity index (χ2v) is 2.72. The van der Waals surface area contributed by atoms with Crippen LogP contribution in [0.1, 0.15) is 5.69 Å². The molecular formula is C8H15N3. The van der Waals surface area contributed by atoms with Gasteiger partial charge in [-0.15, -0.1) is 0 Å². The number of rotatable bonds is 4. The van der Waals surface area contributed by atoms with E-state index < -0.39 is 0 Å². The summed E-state index contributed by atoms with van der Waals surface area (Å²) in [5.74, 6) is 0. The van der Waals surface area contributed by atoms with Gasteiger partial charge in [0.25, 0.3) is 0 Å². The third kappa shape index (κ3) is 2.74. The van der Waals surface area contributed by atoms with Gasteiger partial charge in [0, 0.05) is 25.1 Å². The van der Waals surface area contributed by atoms with Crippen molar-refractivity contribution in [2.24, 2.45) is 0 Å². The van der Waals surface area contributed by atoms with Crippen molar-refractivity contribution in [2.45, 2.75) is 6.54 Å². The summed E-state index contributed by atoms with van der Waals surface area (Å²) in [6.45, 7) is 1.88. The number of hydrogen-bond donors (Lipinski definition) is 2. The van der Waals surface area contributed by atoms with E-state index in [9.17, 15) is 0 Å². The molecule has 1 rings (SSSR count). The number of hydrogen-bond acceptors (Lipinski definition) is 2. The maximum atomic E-state index is 3.16. The summed E-state index contributed by atoms with van der Waals surface area (Å²) < 4.78 is 0. The second kappa shape index (κ2) is 4.16. The van der Waals surface area contributed by atoms with Gasteiger partial charge in [-0.05, 0) is 26.2 Å². The van der Waals surface area contributed by atoms with Gasteiger partial charge in [-0.25, -0.2) is 0 Å². The van der Waals surface area contributed by atoms with Crippen LogP contribution >= 0.6 is 0 Å². The first-order chi connectivity index (χ1) is 5.33. The van der Waals surface area contributed by atoms with Crippen LogP contribution < -0.4 is 5.32 Å². The van der Waals surface area contributed by atoms with Crippen LogP contribution in [-0.2, 0) is 6.54 Å². The van der Waals surface area contributed by atoms with Gasteiger partial charge in [-0.2, -0.15) is 0 Å². The predicted molar refractivity (Wildman–Crippen MR) is 46.2 cm³/mol. The molecule has 0 saturated carbocycles. The summed E-state index contributed by atoms with van der Waals surface area (Å²) in [5, 5.41) is 3.09. The molecule has 1 heterocycles. The van der Waals surface area contributed by atoms with E-state index in [1.165, 1.54) is 5.69 Å². The first-order valence-electron chi connectivity index (χ1n) is 3.78. The van der Waals surface area contributed by atoms with E-state index in [4.69, 9.17) is 0 Å². The highest BCUT2D eigenvalue weighted by Gasteiger charge is 1.97. The number of nitrogens with zero attached hydrogens (tertiary/aromatic N) is 1. The van der Waals surface area contributed by atoms with E-state index in [0.29, 0.717) is 0 Å². The first kappa shape index (κ1) is 8.30. The molecule has 0 aliphatic rings. The molecule has 3 heteroatoms. The molecule has 0 spiro atoms. The van der Waals surface area contributed by atoms with E-state index in [1.807, 2.05) is 19.3 Å². The quantitative estimate of drug-likeness (QED) is 0.621. The van der Waals surface area contributed by atoms with E-state index >= 15 is 0 Å². The summed E-state index contributed by atoms with van der Waals surface area (Å²) in [7, 11) is 4.03. The van der Waals surface area contributed by atoms with Crippen LogP contribution in [0.3, 0.4) is 0 Å². The Morgan fingerprint density at radius 3 is 3.00 bits per heavy atom. The van der Waals surface area contributed by atoms with Crippen LogP contribution in [0, 0.1) is 0 Å². The molecule has 0 atom stereocenters. The molecule has 0 unspecified atom stereocenters. The number of aromatic nitrogens is 1. The van der Waals surface area contributed by atoms with Crippen molar-refractivity contribution in [1.29, 1.82) is 0 Å². The standard InChI is InChI=1S/C8H15N3/c1-9-7-11(2)6-8-4-3-5-10-8/h3-5,9-10H,6-7H2,1-2H3. The highest BCUT2D eigenvalue weighted by Crippen LogP contribution is 1.97. The van der Waals surface area contributed by atoms with Crippen molar-refractivity contribution < 1.29 is 0 Å². The van der Waals surface area contributed by atoms with Crippen molar-refractivity contribution in [2.75, 3.05) is 20.8 Å². The van der Waals surface area contributed by atoms with Gasteiger partial charge in [-0.3, -0.25) is 4.90 Å². The van der Waals surface area contributed by atoms with Crippen molar-refractivity contribution in [1.82, 2.24) is 15.2 Å². The lowest BCUT2D eigenvalue weighted by Gasteiger charge is -2.14. The highest BCUT2D eigenvalue weighted by molar-refractivity contribution is 5.02. The van der Waals surface area contributed by atoms with Gasteiger partial charge in [0.2, 0.25) is 0 Å². The normalized spacial score (nSPS) is 10.8. The zero-order valence-electron chi connectivity index (χ0n) is 7.09. The fourth-order valence-electron chi connectivity index (χ4n) is 1.08. The Labute approximate surface area is 67.4 Å². The molecule has 1 aromatic heterocycles. The molecule has 2 N–H and O–H groups in total. The largest absolute Gasteiger partial charge is 0.364 e. The molecule has 0 fully saturated rings. The Balaban J connectivity index is 2.31. The summed E-state index contributed by atoms with van der Waals surface area (Å²) in [6, 6.07) is 4.11. The third-order valence-corrected chi connectivity index (χ3v) is 1.53. The Kier molecular flexibility index (Phi) is 3.14. The molecule has 0 aliphatic heterocycles. The minimum atomic E-state index is 0.916. The van der Waals surface area contributed by atoms with Gasteiger partial charge in [-0.1, -0.05) is 0 Å². The minimum absolute atomic E-state index is 0.916. The Hall–Kier alpha value is -0.800. The van der Waals surface area contributed by atoms with Gasteiger partial charge in [0.05, 0.1) is 0 Å². The van der Waals surface area contributed by atoms with Crippen LogP contribution in [0.25, 0.3) is 0 Å². The number of aromatic amines is 1. The number of nitrogens with one attached hydrogen (secondary N) is 2. The van der Waals surface area contributed by atoms with Gasteiger partial charge in [0.15, 0.2) is 0 Å². The van der Waals surface area contributed by atoms with Gasteiger partial charge >= 0.3 is 0 Å². The molecular weight excluding hydrogens is 138 g/mol. The van der Waals surface area contributed by atoms with E-state index in [2.05, 4.69) is 28.3 Å². The third-order valence-electron chi connectivity index (χ3n) is 1.53. The molecule has 0 aliphatic carbocycles. The van der Waals surface area contributed by atoms with Crippen molar-refractivity contribution >= 4 is 0 Å². The average molecular weight is 153 g/mol. The summed E-state index contributed by atoms with van der Waals surface area (Å²) >= 11 is 0. The molecule has 0 radical (unpaired) electrons. The molecule has 0 bridgehead atoms. The van der Waals surface area contributed by atoms with E-state index in [-0.39, 0.29) is 0 Å². The SMILES string of the molecule is CNCN(C)Cc1ccc[nH]1. The molecule has 0 amide bonds. The van der Waals surface area contributed by atoms with Crippen molar-refractivity contribution in [3.8, 4) is 0 Å². The maximum absolute atomic E-state index is 3.16. The van der Waals surface area contributed by atoms with Crippen LogP contribution in [0.5, 0.6) is 0 Å². The molecule has 62 valence electrons. The monoisotopic (exact) mass is 153 g/mol. The van der Waals surface area contributed by atoms with Crippen LogP contribution in [0.15, 0.2) is 18.3 Å². The lowest BCUT2D eigenvalue weighted by molar-refractivity contribution is 0.307. The molecule has 0 saturated heterocycles. The topological polar surface area (TPSA) is 31.1 Å². The first-order valence-corrected chi connectivity index (χ1v) is 3.78. The van der Waals surface area contributed by atoms with Crippen LogP contribution in [-0.4, -0.2) is 30.6 Å². The van der Waals surface area contributed by atoms with E-state index in [0.717, 1.165) is 13.2 Å². The lowest BCUT2D eigenvalue weighted by atomic mass is 10.4.